The Bertz CT molecular complexity index is 836. The van der Waals surface area contributed by atoms with Crippen molar-refractivity contribution < 1.29 is 14.7 Å². The molecule has 0 unspecified atom stereocenters. The zero-order valence-corrected chi connectivity index (χ0v) is 26.0. The van der Waals surface area contributed by atoms with Crippen LogP contribution in [0.3, 0.4) is 0 Å². The van der Waals surface area contributed by atoms with Crippen LogP contribution < -0.4 is 5.32 Å². The van der Waals surface area contributed by atoms with E-state index < -0.39 is 5.97 Å². The van der Waals surface area contributed by atoms with Crippen molar-refractivity contribution in [3.8, 4) is 0 Å². The highest BCUT2D eigenvalue weighted by Gasteiger charge is 2.12. The lowest BCUT2D eigenvalue weighted by Crippen LogP contribution is -2.33. The fourth-order valence-electron chi connectivity index (χ4n) is 3.13. The van der Waals surface area contributed by atoms with E-state index in [0.717, 1.165) is 40.6 Å². The summed E-state index contributed by atoms with van der Waals surface area (Å²) in [7, 11) is 0. The molecule has 2 rings (SSSR count). The van der Waals surface area contributed by atoms with Crippen molar-refractivity contribution in [2.75, 3.05) is 26.2 Å². The number of carboxylic acid groups (broad SMARTS) is 1. The number of rotatable bonds is 12. The number of nitrogens with one attached hydrogen (secondary N) is 1. The molecular formula is C28H42I2N2O3. The Morgan fingerprint density at radius 1 is 0.771 bits per heavy atom. The molecule has 7 heteroatoms. The molecule has 35 heavy (non-hydrogen) atoms. The third kappa shape index (κ3) is 18.7. The number of aliphatic carboxylic acids is 1. The topological polar surface area (TPSA) is 69.6 Å². The molecule has 196 valence electrons. The highest BCUT2D eigenvalue weighted by molar-refractivity contribution is 14.1. The molecule has 1 amide bonds. The molecule has 2 aromatic rings. The van der Waals surface area contributed by atoms with Gasteiger partial charge in [-0.3, -0.25) is 9.59 Å². The first kappa shape index (κ1) is 33.8. The molecule has 0 bridgehead atoms. The van der Waals surface area contributed by atoms with Crippen LogP contribution in [0.1, 0.15) is 64.5 Å². The van der Waals surface area contributed by atoms with Gasteiger partial charge in [-0.2, -0.15) is 0 Å². The van der Waals surface area contributed by atoms with Crippen LogP contribution in [0.4, 0.5) is 0 Å². The van der Waals surface area contributed by atoms with Gasteiger partial charge in [0.05, 0.1) is 12.8 Å². The van der Waals surface area contributed by atoms with E-state index in [9.17, 15) is 9.59 Å². The summed E-state index contributed by atoms with van der Waals surface area (Å²) in [5, 5.41) is 11.7. The van der Waals surface area contributed by atoms with E-state index in [1.807, 2.05) is 47.4 Å². The van der Waals surface area contributed by atoms with E-state index in [-0.39, 0.29) is 12.3 Å². The van der Waals surface area contributed by atoms with Crippen LogP contribution in [-0.2, 0) is 22.4 Å². The summed E-state index contributed by atoms with van der Waals surface area (Å²) in [6.45, 7) is 12.7. The monoisotopic (exact) mass is 708 g/mol. The minimum absolute atomic E-state index is 0.108. The van der Waals surface area contributed by atoms with Crippen molar-refractivity contribution in [2.45, 2.75) is 66.2 Å². The van der Waals surface area contributed by atoms with Gasteiger partial charge in [0.25, 0.3) is 0 Å². The molecule has 5 nitrogen and oxygen atoms in total. The molecule has 0 aromatic heterocycles. The van der Waals surface area contributed by atoms with Gasteiger partial charge in [0, 0.05) is 20.2 Å². The Morgan fingerprint density at radius 3 is 1.60 bits per heavy atom. The van der Waals surface area contributed by atoms with Crippen LogP contribution in [0.5, 0.6) is 0 Å². The minimum Gasteiger partial charge on any atom is -0.481 e. The molecule has 0 saturated heterocycles. The van der Waals surface area contributed by atoms with Crippen LogP contribution in [-0.4, -0.2) is 48.1 Å². The molecule has 0 heterocycles. The minimum atomic E-state index is -0.785. The lowest BCUT2D eigenvalue weighted by molar-refractivity contribution is -0.136. The Kier molecular flexibility index (Phi) is 21.3. The lowest BCUT2D eigenvalue weighted by Gasteiger charge is -2.21. The zero-order valence-electron chi connectivity index (χ0n) is 21.7. The zero-order chi connectivity index (χ0) is 26.5. The second-order valence-corrected chi connectivity index (χ2v) is 10.6. The van der Waals surface area contributed by atoms with Crippen LogP contribution in [0.15, 0.2) is 48.5 Å². The third-order valence-electron chi connectivity index (χ3n) is 4.68. The van der Waals surface area contributed by atoms with Gasteiger partial charge < -0.3 is 15.3 Å². The number of nitrogens with zero attached hydrogens (tertiary/aromatic N) is 1. The Balaban J connectivity index is 0.000000550. The number of carbonyl (C=O) groups is 2. The highest BCUT2D eigenvalue weighted by Crippen LogP contribution is 2.10. The van der Waals surface area contributed by atoms with Crippen molar-refractivity contribution >= 4 is 57.1 Å². The largest absolute Gasteiger partial charge is 0.481 e. The average molecular weight is 708 g/mol. The van der Waals surface area contributed by atoms with E-state index in [2.05, 4.69) is 84.3 Å². The van der Waals surface area contributed by atoms with Crippen LogP contribution in [0.2, 0.25) is 0 Å². The number of benzene rings is 2. The predicted octanol–water partition coefficient (Wildman–Crippen LogP) is 6.80. The van der Waals surface area contributed by atoms with E-state index in [1.165, 1.54) is 29.5 Å². The smallest absolute Gasteiger partial charge is 0.307 e. The van der Waals surface area contributed by atoms with Gasteiger partial charge >= 0.3 is 5.97 Å². The molecule has 2 aromatic carbocycles. The first-order valence-corrected chi connectivity index (χ1v) is 14.6. The summed E-state index contributed by atoms with van der Waals surface area (Å²) >= 11 is 4.44. The quantitative estimate of drug-likeness (QED) is 0.188. The van der Waals surface area contributed by atoms with Gasteiger partial charge in [-0.15, -0.1) is 0 Å². The Hall–Kier alpha value is -1.20. The molecule has 0 atom stereocenters. The van der Waals surface area contributed by atoms with Gasteiger partial charge in [-0.25, -0.2) is 0 Å². The van der Waals surface area contributed by atoms with Gasteiger partial charge in [-0.05, 0) is 119 Å². The maximum atomic E-state index is 12.1. The summed E-state index contributed by atoms with van der Waals surface area (Å²) in [5.74, 6) is -0.539. The second-order valence-electron chi connectivity index (χ2n) is 8.14. The number of carboxylic acids is 1. The average Bonchev–Trinajstić information content (AvgIpc) is 2.80. The highest BCUT2D eigenvalue weighted by atomic mass is 127. The lowest BCUT2D eigenvalue weighted by atomic mass is 10.1. The summed E-state index contributed by atoms with van der Waals surface area (Å²) in [4.78, 5) is 24.4. The van der Waals surface area contributed by atoms with E-state index in [1.54, 1.807) is 0 Å². The first-order valence-electron chi connectivity index (χ1n) is 12.5. The number of amides is 1. The summed E-state index contributed by atoms with van der Waals surface area (Å²) in [5.41, 5.74) is 1.96. The SMILES string of the molecule is CCCN(CCC)C(=O)Cc1cccc(I)c1.CCCNCCC.O=C(O)Cc1cccc(I)c1. The third-order valence-corrected chi connectivity index (χ3v) is 6.02. The van der Waals surface area contributed by atoms with Crippen molar-refractivity contribution in [3.63, 3.8) is 0 Å². The maximum absolute atomic E-state index is 12.1. The van der Waals surface area contributed by atoms with Crippen LogP contribution in [0.25, 0.3) is 0 Å². The van der Waals surface area contributed by atoms with E-state index in [0.29, 0.717) is 6.42 Å². The Labute approximate surface area is 239 Å². The number of carbonyl (C=O) groups excluding carboxylic acids is 1. The van der Waals surface area contributed by atoms with Gasteiger partial charge in [-0.1, -0.05) is 52.0 Å². The molecule has 0 aliphatic carbocycles. The summed E-state index contributed by atoms with van der Waals surface area (Å²) in [6, 6.07) is 15.6. The van der Waals surface area contributed by atoms with Gasteiger partial charge in [0.2, 0.25) is 5.91 Å². The molecule has 0 radical (unpaired) electrons. The molecule has 0 spiro atoms. The molecule has 0 saturated carbocycles. The molecule has 0 aliphatic rings. The van der Waals surface area contributed by atoms with Crippen molar-refractivity contribution in [1.82, 2.24) is 10.2 Å². The number of hydrogen-bond donors (Lipinski definition) is 2. The van der Waals surface area contributed by atoms with Crippen molar-refractivity contribution in [2.24, 2.45) is 0 Å². The number of hydrogen-bond acceptors (Lipinski definition) is 3. The van der Waals surface area contributed by atoms with E-state index in [4.69, 9.17) is 5.11 Å². The number of halogens is 2. The van der Waals surface area contributed by atoms with Gasteiger partial charge in [0.1, 0.15) is 0 Å². The normalized spacial score (nSPS) is 9.89. The predicted molar refractivity (Wildman–Crippen MR) is 164 cm³/mol. The molecule has 0 fully saturated rings. The summed E-state index contributed by atoms with van der Waals surface area (Å²) < 4.78 is 2.26. The second kappa shape index (κ2) is 22.0. The van der Waals surface area contributed by atoms with Gasteiger partial charge in [0.15, 0.2) is 0 Å². The van der Waals surface area contributed by atoms with Crippen molar-refractivity contribution in [3.05, 3.63) is 66.8 Å². The van der Waals surface area contributed by atoms with Crippen molar-refractivity contribution in [1.29, 1.82) is 0 Å². The van der Waals surface area contributed by atoms with E-state index >= 15 is 0 Å². The molecule has 0 aliphatic heterocycles. The maximum Gasteiger partial charge on any atom is 0.307 e. The summed E-state index contributed by atoms with van der Waals surface area (Å²) in [6.07, 6.45) is 5.18. The molecular weight excluding hydrogens is 666 g/mol. The first-order chi connectivity index (χ1) is 16.8. The van der Waals surface area contributed by atoms with Crippen LogP contribution in [0, 0.1) is 7.14 Å². The fraction of sp³-hybridized carbons (Fsp3) is 0.500. The fourth-order valence-corrected chi connectivity index (χ4v) is 4.35. The van der Waals surface area contributed by atoms with Crippen LogP contribution >= 0.6 is 45.2 Å². The molecule has 2 N–H and O–H groups in total. The Morgan fingerprint density at radius 2 is 1.23 bits per heavy atom. The standard InChI is InChI=1S/C14H20INO.C8H7IO2.C6H15N/c1-3-8-16(9-4-2)14(17)11-12-6-5-7-13(15)10-12;9-7-3-1-2-6(4-7)5-8(10)11;1-3-5-7-6-4-2/h5-7,10H,3-4,8-9,11H2,1-2H3;1-4H,5H2,(H,10,11);7H,3-6H2,1-2H3.